The van der Waals surface area contributed by atoms with Crippen molar-refractivity contribution >= 4 is 0 Å². The molecule has 54 heavy (non-hydrogen) atoms. The number of hydrogen-bond acceptors (Lipinski definition) is 4. The Morgan fingerprint density at radius 1 is 0.519 bits per heavy atom. The van der Waals surface area contributed by atoms with E-state index in [0.717, 1.165) is 50.0 Å². The van der Waals surface area contributed by atoms with Gasteiger partial charge in [0, 0.05) is 24.0 Å². The van der Waals surface area contributed by atoms with Crippen LogP contribution in [0.5, 0.6) is 11.5 Å². The van der Waals surface area contributed by atoms with Crippen molar-refractivity contribution in [3.8, 4) is 33.8 Å². The predicted molar refractivity (Wildman–Crippen MR) is 224 cm³/mol. The third-order valence-corrected chi connectivity index (χ3v) is 12.2. The number of rotatable bonds is 21. The normalized spacial score (nSPS) is 14.3. The molecule has 4 aromatic carbocycles. The number of hydrogen-bond donors (Lipinski definition) is 0. The quantitative estimate of drug-likeness (QED) is 0.0546. The van der Waals surface area contributed by atoms with Gasteiger partial charge < -0.3 is 9.78 Å². The molecule has 0 bridgehead atoms. The maximum atomic E-state index is 6.52. The van der Waals surface area contributed by atoms with Crippen molar-refractivity contribution in [1.82, 2.24) is 0 Å². The zero-order chi connectivity index (χ0) is 38.3. The van der Waals surface area contributed by atoms with Crippen LogP contribution in [0.1, 0.15) is 153 Å². The molecule has 2 unspecified atom stereocenters. The van der Waals surface area contributed by atoms with Gasteiger partial charge in [-0.25, -0.2) is 0 Å². The third-order valence-electron chi connectivity index (χ3n) is 12.2. The maximum Gasteiger partial charge on any atom is 0.172 e. The fourth-order valence-electron chi connectivity index (χ4n) is 8.50. The Bertz CT molecular complexity index is 1720. The second-order valence-electron chi connectivity index (χ2n) is 17.4. The fourth-order valence-corrected chi connectivity index (χ4v) is 8.50. The van der Waals surface area contributed by atoms with Gasteiger partial charge in [-0.2, -0.15) is 9.78 Å². The second-order valence-corrected chi connectivity index (χ2v) is 17.4. The lowest BCUT2D eigenvalue weighted by Crippen LogP contribution is -2.33. The molecule has 4 nitrogen and oxygen atoms in total. The van der Waals surface area contributed by atoms with Gasteiger partial charge in [-0.1, -0.05) is 152 Å². The first-order valence-electron chi connectivity index (χ1n) is 21.2. The molecule has 4 aromatic rings. The Hall–Kier alpha value is -3.60. The first-order chi connectivity index (χ1) is 26.1. The van der Waals surface area contributed by atoms with Crippen molar-refractivity contribution in [1.29, 1.82) is 0 Å². The molecule has 2 aliphatic carbocycles. The Balaban J connectivity index is 1.15. The van der Waals surface area contributed by atoms with E-state index in [9.17, 15) is 0 Å². The highest BCUT2D eigenvalue weighted by Gasteiger charge is 2.32. The van der Waals surface area contributed by atoms with Gasteiger partial charge in [0.05, 0.1) is 0 Å². The van der Waals surface area contributed by atoms with Gasteiger partial charge in [-0.05, 0) is 110 Å². The van der Waals surface area contributed by atoms with Gasteiger partial charge in [0.15, 0.2) is 11.5 Å². The summed E-state index contributed by atoms with van der Waals surface area (Å²) in [5.41, 5.74) is 11.8. The van der Waals surface area contributed by atoms with Gasteiger partial charge in [0.25, 0.3) is 0 Å². The molecule has 0 radical (unpaired) electrons. The molecular formula is C50H66O4. The molecule has 0 aromatic heterocycles. The highest BCUT2D eigenvalue weighted by atomic mass is 17.2. The molecule has 0 saturated carbocycles. The smallest absolute Gasteiger partial charge is 0.172 e. The Labute approximate surface area is 326 Å². The number of benzene rings is 4. The Morgan fingerprint density at radius 2 is 0.926 bits per heavy atom. The average molecular weight is 731 g/mol. The molecule has 2 aliphatic rings. The van der Waals surface area contributed by atoms with Crippen molar-refractivity contribution in [3.63, 3.8) is 0 Å². The SMILES string of the molecule is CCCCC(CC)Cc1ccc2c(c1OOC(C)(C)CCC(C)(C)OOc1c(CC(CC)CCCC)ccc3c1Cc1ccccc1-3)Cc1ccccc1-2. The zero-order valence-corrected chi connectivity index (χ0v) is 34.6. The van der Waals surface area contributed by atoms with E-state index in [4.69, 9.17) is 19.6 Å². The number of unbranched alkanes of at least 4 members (excludes halogenated alkanes) is 2. The van der Waals surface area contributed by atoms with Gasteiger partial charge in [-0.3, -0.25) is 0 Å². The summed E-state index contributed by atoms with van der Waals surface area (Å²) < 4.78 is 0. The van der Waals surface area contributed by atoms with Crippen LogP contribution < -0.4 is 9.78 Å². The van der Waals surface area contributed by atoms with Crippen molar-refractivity contribution < 1.29 is 19.6 Å². The van der Waals surface area contributed by atoms with Gasteiger partial charge >= 0.3 is 0 Å². The standard InChI is InChI=1S/C50H66O4/c1-9-13-19-35(11-3)31-39-25-27-43-41-23-17-15-21-37(41)33-45(43)47(39)51-53-49(5,6)29-30-50(7,8)54-52-48-40(32-36(12-4)20-14-10-2)26-28-44-42-24-18-16-22-38(42)34-46(44)48/h15-18,21-28,35-36H,9-14,19-20,29-34H2,1-8H3. The third kappa shape index (κ3) is 9.43. The topological polar surface area (TPSA) is 36.9 Å². The Morgan fingerprint density at radius 3 is 1.31 bits per heavy atom. The minimum atomic E-state index is -0.549. The molecule has 0 fully saturated rings. The summed E-state index contributed by atoms with van der Waals surface area (Å²) in [6.45, 7) is 17.7. The van der Waals surface area contributed by atoms with Gasteiger partial charge in [0.2, 0.25) is 0 Å². The molecular weight excluding hydrogens is 665 g/mol. The largest absolute Gasteiger partial charge is 0.336 e. The minimum absolute atomic E-state index is 0.549. The summed E-state index contributed by atoms with van der Waals surface area (Å²) in [4.78, 5) is 25.9. The summed E-state index contributed by atoms with van der Waals surface area (Å²) in [5, 5.41) is 0. The van der Waals surface area contributed by atoms with Gasteiger partial charge in [-0.15, -0.1) is 0 Å². The lowest BCUT2D eigenvalue weighted by molar-refractivity contribution is -0.302. The maximum absolute atomic E-state index is 6.52. The molecule has 0 spiro atoms. The molecule has 0 amide bonds. The molecule has 6 rings (SSSR count). The van der Waals surface area contributed by atoms with Crippen LogP contribution in [0, 0.1) is 11.8 Å². The molecule has 2 atom stereocenters. The summed E-state index contributed by atoms with van der Waals surface area (Å²) in [5.74, 6) is 3.09. The summed E-state index contributed by atoms with van der Waals surface area (Å²) >= 11 is 0. The van der Waals surface area contributed by atoms with E-state index in [1.165, 1.54) is 107 Å². The van der Waals surface area contributed by atoms with Crippen LogP contribution in [-0.4, -0.2) is 11.2 Å². The van der Waals surface area contributed by atoms with E-state index in [1.54, 1.807) is 0 Å². The first kappa shape index (κ1) is 40.1. The van der Waals surface area contributed by atoms with Crippen molar-refractivity contribution in [2.75, 3.05) is 0 Å². The lowest BCUT2D eigenvalue weighted by Gasteiger charge is -2.30. The highest BCUT2D eigenvalue weighted by molar-refractivity contribution is 5.80. The van der Waals surface area contributed by atoms with Crippen LogP contribution in [0.25, 0.3) is 22.3 Å². The summed E-state index contributed by atoms with van der Waals surface area (Å²) in [7, 11) is 0. The van der Waals surface area contributed by atoms with Crippen molar-refractivity contribution in [2.24, 2.45) is 11.8 Å². The summed E-state index contributed by atoms with van der Waals surface area (Å²) in [6, 6.07) is 26.7. The second kappa shape index (κ2) is 17.9. The van der Waals surface area contributed by atoms with Crippen LogP contribution >= 0.6 is 0 Å². The molecule has 0 aliphatic heterocycles. The van der Waals surface area contributed by atoms with Crippen LogP contribution in [0.3, 0.4) is 0 Å². The Kier molecular flexibility index (Phi) is 13.3. The average Bonchev–Trinajstić information content (AvgIpc) is 3.75. The molecule has 0 saturated heterocycles. The predicted octanol–water partition coefficient (Wildman–Crippen LogP) is 14.0. The first-order valence-corrected chi connectivity index (χ1v) is 21.2. The van der Waals surface area contributed by atoms with E-state index in [0.29, 0.717) is 11.8 Å². The van der Waals surface area contributed by atoms with E-state index in [-0.39, 0.29) is 0 Å². The van der Waals surface area contributed by atoms with Crippen LogP contribution in [-0.2, 0) is 35.5 Å². The molecule has 0 heterocycles. The van der Waals surface area contributed by atoms with Crippen molar-refractivity contribution in [2.45, 2.75) is 156 Å². The van der Waals surface area contributed by atoms with Crippen LogP contribution in [0.15, 0.2) is 72.8 Å². The molecule has 4 heteroatoms. The highest BCUT2D eigenvalue weighted by Crippen LogP contribution is 2.46. The fraction of sp³-hybridized carbons (Fsp3) is 0.520. The zero-order valence-electron chi connectivity index (χ0n) is 34.6. The minimum Gasteiger partial charge on any atom is -0.336 e. The monoisotopic (exact) mass is 730 g/mol. The number of fused-ring (bicyclic) bond motifs is 6. The summed E-state index contributed by atoms with van der Waals surface area (Å²) in [6.07, 6.45) is 15.0. The molecule has 290 valence electrons. The van der Waals surface area contributed by atoms with Crippen LogP contribution in [0.4, 0.5) is 0 Å². The van der Waals surface area contributed by atoms with E-state index >= 15 is 0 Å². The van der Waals surface area contributed by atoms with Crippen molar-refractivity contribution in [3.05, 3.63) is 106 Å². The molecule has 0 N–H and O–H groups in total. The van der Waals surface area contributed by atoms with Gasteiger partial charge in [0.1, 0.15) is 11.2 Å². The lowest BCUT2D eigenvalue weighted by atomic mass is 9.90. The van der Waals surface area contributed by atoms with E-state index in [1.807, 2.05) is 0 Å². The van der Waals surface area contributed by atoms with E-state index in [2.05, 4.69) is 128 Å². The van der Waals surface area contributed by atoms with E-state index < -0.39 is 11.2 Å². The van der Waals surface area contributed by atoms with Crippen LogP contribution in [0.2, 0.25) is 0 Å².